The molecule has 6 unspecified atom stereocenters. The molecule has 2 aliphatic carbocycles. The van der Waals surface area contributed by atoms with Gasteiger partial charge in [0.1, 0.15) is 0 Å². The van der Waals surface area contributed by atoms with Crippen molar-refractivity contribution in [3.8, 4) is 0 Å². The molecule has 0 spiro atoms. The van der Waals surface area contributed by atoms with E-state index in [4.69, 9.17) is 4.74 Å². The van der Waals surface area contributed by atoms with E-state index in [0.29, 0.717) is 0 Å². The van der Waals surface area contributed by atoms with Crippen LogP contribution in [-0.4, -0.2) is 13.2 Å². The largest absolute Gasteiger partial charge is 0.381 e. The van der Waals surface area contributed by atoms with Crippen LogP contribution in [0.1, 0.15) is 40.5 Å². The standard InChI is InChI=1S/C14H26O/c1-5-11-12-7-13(10(4)9(12)3)14(11)8-15-6-2/h9-14H,5-8H2,1-4H3. The summed E-state index contributed by atoms with van der Waals surface area (Å²) in [5.41, 5.74) is 0. The van der Waals surface area contributed by atoms with E-state index in [0.717, 1.165) is 48.7 Å². The number of hydrogen-bond acceptors (Lipinski definition) is 1. The molecule has 0 N–H and O–H groups in total. The Bertz CT molecular complexity index is 211. The van der Waals surface area contributed by atoms with E-state index in [1.165, 1.54) is 12.8 Å². The molecule has 15 heavy (non-hydrogen) atoms. The molecule has 0 aliphatic heterocycles. The fourth-order valence-corrected chi connectivity index (χ4v) is 4.39. The fraction of sp³-hybridized carbons (Fsp3) is 1.00. The third-order valence-corrected chi connectivity index (χ3v) is 5.36. The highest BCUT2D eigenvalue weighted by atomic mass is 16.5. The Morgan fingerprint density at radius 2 is 1.60 bits per heavy atom. The monoisotopic (exact) mass is 210 g/mol. The first-order chi connectivity index (χ1) is 7.20. The molecule has 2 bridgehead atoms. The lowest BCUT2D eigenvalue weighted by molar-refractivity contribution is 0.0262. The highest BCUT2D eigenvalue weighted by molar-refractivity contribution is 5.01. The van der Waals surface area contributed by atoms with Gasteiger partial charge in [0, 0.05) is 13.2 Å². The summed E-state index contributed by atoms with van der Waals surface area (Å²) in [5.74, 6) is 5.67. The second-order valence-corrected chi connectivity index (χ2v) is 5.68. The van der Waals surface area contributed by atoms with E-state index < -0.39 is 0 Å². The quantitative estimate of drug-likeness (QED) is 0.689. The Balaban J connectivity index is 2.04. The highest BCUT2D eigenvalue weighted by Gasteiger charge is 2.53. The summed E-state index contributed by atoms with van der Waals surface area (Å²) in [4.78, 5) is 0. The Kier molecular flexibility index (Phi) is 3.39. The average Bonchev–Trinajstić information content (AvgIpc) is 2.73. The van der Waals surface area contributed by atoms with Crippen molar-refractivity contribution in [3.63, 3.8) is 0 Å². The van der Waals surface area contributed by atoms with Gasteiger partial charge in [-0.25, -0.2) is 0 Å². The van der Waals surface area contributed by atoms with Crippen LogP contribution in [0.15, 0.2) is 0 Å². The third-order valence-electron chi connectivity index (χ3n) is 5.36. The molecule has 0 aromatic rings. The van der Waals surface area contributed by atoms with Crippen molar-refractivity contribution in [2.45, 2.75) is 40.5 Å². The van der Waals surface area contributed by atoms with Gasteiger partial charge in [-0.3, -0.25) is 0 Å². The van der Waals surface area contributed by atoms with Crippen molar-refractivity contribution in [1.29, 1.82) is 0 Å². The van der Waals surface area contributed by atoms with Gasteiger partial charge in [-0.1, -0.05) is 27.2 Å². The molecule has 2 saturated carbocycles. The highest BCUT2D eigenvalue weighted by Crippen LogP contribution is 2.58. The Hall–Kier alpha value is -0.0400. The smallest absolute Gasteiger partial charge is 0.0499 e. The summed E-state index contributed by atoms with van der Waals surface area (Å²) >= 11 is 0. The molecular formula is C14H26O. The molecule has 6 atom stereocenters. The van der Waals surface area contributed by atoms with E-state index in [1.807, 2.05) is 0 Å². The molecule has 0 aromatic carbocycles. The minimum Gasteiger partial charge on any atom is -0.381 e. The van der Waals surface area contributed by atoms with Crippen molar-refractivity contribution >= 4 is 0 Å². The molecule has 0 heterocycles. The molecule has 0 amide bonds. The number of ether oxygens (including phenoxy) is 1. The van der Waals surface area contributed by atoms with Crippen LogP contribution in [0.2, 0.25) is 0 Å². The van der Waals surface area contributed by atoms with Gasteiger partial charge in [-0.2, -0.15) is 0 Å². The SMILES string of the molecule is CCOCC1C2CC(C(C)C2C)C1CC. The summed E-state index contributed by atoms with van der Waals surface area (Å²) in [7, 11) is 0. The molecule has 2 aliphatic rings. The van der Waals surface area contributed by atoms with Crippen LogP contribution in [0.3, 0.4) is 0 Å². The lowest BCUT2D eigenvalue weighted by atomic mass is 9.69. The molecule has 1 nitrogen and oxygen atoms in total. The summed E-state index contributed by atoms with van der Waals surface area (Å²) in [6.45, 7) is 11.3. The molecule has 2 rings (SSSR count). The second kappa shape index (κ2) is 4.45. The normalized spacial score (nSPS) is 48.8. The van der Waals surface area contributed by atoms with Crippen LogP contribution in [-0.2, 0) is 4.74 Å². The summed E-state index contributed by atoms with van der Waals surface area (Å²) in [6, 6.07) is 0. The Morgan fingerprint density at radius 1 is 1.00 bits per heavy atom. The number of hydrogen-bond donors (Lipinski definition) is 0. The van der Waals surface area contributed by atoms with Gasteiger partial charge in [-0.05, 0) is 48.9 Å². The molecule has 0 aromatic heterocycles. The van der Waals surface area contributed by atoms with Crippen molar-refractivity contribution in [3.05, 3.63) is 0 Å². The van der Waals surface area contributed by atoms with Gasteiger partial charge >= 0.3 is 0 Å². The van der Waals surface area contributed by atoms with Crippen LogP contribution >= 0.6 is 0 Å². The molecule has 0 radical (unpaired) electrons. The fourth-order valence-electron chi connectivity index (χ4n) is 4.39. The zero-order chi connectivity index (χ0) is 11.0. The zero-order valence-corrected chi connectivity index (χ0v) is 10.7. The summed E-state index contributed by atoms with van der Waals surface area (Å²) in [6.07, 6.45) is 2.84. The van der Waals surface area contributed by atoms with Crippen LogP contribution in [0, 0.1) is 35.5 Å². The Labute approximate surface area is 94.6 Å². The third kappa shape index (κ3) is 1.73. The van der Waals surface area contributed by atoms with E-state index in [9.17, 15) is 0 Å². The van der Waals surface area contributed by atoms with E-state index in [-0.39, 0.29) is 0 Å². The maximum absolute atomic E-state index is 5.69. The van der Waals surface area contributed by atoms with E-state index in [1.54, 1.807) is 0 Å². The number of rotatable bonds is 4. The lowest BCUT2D eigenvalue weighted by Crippen LogP contribution is -2.34. The predicted molar refractivity (Wildman–Crippen MR) is 63.7 cm³/mol. The minimum atomic E-state index is 0.867. The first-order valence-electron chi connectivity index (χ1n) is 6.78. The van der Waals surface area contributed by atoms with Crippen molar-refractivity contribution in [1.82, 2.24) is 0 Å². The molecule has 1 heteroatoms. The first-order valence-corrected chi connectivity index (χ1v) is 6.78. The lowest BCUT2D eigenvalue weighted by Gasteiger charge is -2.38. The Morgan fingerprint density at radius 3 is 2.13 bits per heavy atom. The van der Waals surface area contributed by atoms with Gasteiger partial charge in [0.25, 0.3) is 0 Å². The van der Waals surface area contributed by atoms with Gasteiger partial charge in [0.05, 0.1) is 0 Å². The molecule has 88 valence electrons. The van der Waals surface area contributed by atoms with Crippen LogP contribution in [0.5, 0.6) is 0 Å². The topological polar surface area (TPSA) is 9.23 Å². The van der Waals surface area contributed by atoms with Crippen LogP contribution in [0.4, 0.5) is 0 Å². The van der Waals surface area contributed by atoms with E-state index >= 15 is 0 Å². The predicted octanol–water partition coefficient (Wildman–Crippen LogP) is 3.59. The summed E-state index contributed by atoms with van der Waals surface area (Å²) in [5, 5.41) is 0. The first kappa shape index (κ1) is 11.4. The second-order valence-electron chi connectivity index (χ2n) is 5.68. The van der Waals surface area contributed by atoms with Gasteiger partial charge in [0.2, 0.25) is 0 Å². The van der Waals surface area contributed by atoms with Crippen molar-refractivity contribution in [2.75, 3.05) is 13.2 Å². The maximum atomic E-state index is 5.69. The van der Waals surface area contributed by atoms with Gasteiger partial charge in [-0.15, -0.1) is 0 Å². The number of fused-ring (bicyclic) bond motifs is 2. The van der Waals surface area contributed by atoms with Crippen molar-refractivity contribution in [2.24, 2.45) is 35.5 Å². The zero-order valence-electron chi connectivity index (χ0n) is 10.7. The average molecular weight is 210 g/mol. The van der Waals surface area contributed by atoms with E-state index in [2.05, 4.69) is 27.7 Å². The van der Waals surface area contributed by atoms with Gasteiger partial charge < -0.3 is 4.74 Å². The summed E-state index contributed by atoms with van der Waals surface area (Å²) < 4.78 is 5.69. The van der Waals surface area contributed by atoms with Crippen LogP contribution < -0.4 is 0 Å². The minimum absolute atomic E-state index is 0.867. The molecule has 2 fully saturated rings. The molecule has 0 saturated heterocycles. The maximum Gasteiger partial charge on any atom is 0.0499 e. The van der Waals surface area contributed by atoms with Crippen molar-refractivity contribution < 1.29 is 4.74 Å². The molecular weight excluding hydrogens is 184 g/mol. The van der Waals surface area contributed by atoms with Gasteiger partial charge in [0.15, 0.2) is 0 Å². The van der Waals surface area contributed by atoms with Crippen LogP contribution in [0.25, 0.3) is 0 Å².